The standard InChI is InChI=1S/C18H24N2O3S/c1-13(21)11-19-7-9-20(10-8-19)18(22)17-15(12-24-2)14-5-3-4-6-16(14)23-17/h3-6,13,21H,7-12H2,1-2H3. The summed E-state index contributed by atoms with van der Waals surface area (Å²) in [6, 6.07) is 7.83. The lowest BCUT2D eigenvalue weighted by atomic mass is 10.1. The number of para-hydroxylation sites is 1. The molecule has 1 amide bonds. The summed E-state index contributed by atoms with van der Waals surface area (Å²) in [6.07, 6.45) is 1.70. The fourth-order valence-electron chi connectivity index (χ4n) is 3.21. The number of amides is 1. The van der Waals surface area contributed by atoms with Crippen LogP contribution in [0.5, 0.6) is 0 Å². The third-order valence-corrected chi connectivity index (χ3v) is 4.94. The Hall–Kier alpha value is -1.50. The molecular formula is C18H24N2O3S. The van der Waals surface area contributed by atoms with E-state index in [0.29, 0.717) is 25.4 Å². The lowest BCUT2D eigenvalue weighted by molar-refractivity contribution is 0.0529. The van der Waals surface area contributed by atoms with Gasteiger partial charge in [-0.1, -0.05) is 18.2 Å². The van der Waals surface area contributed by atoms with Crippen molar-refractivity contribution in [1.29, 1.82) is 0 Å². The number of thioether (sulfide) groups is 1. The molecule has 3 rings (SSSR count). The first-order chi connectivity index (χ1) is 11.6. The molecule has 1 unspecified atom stereocenters. The third kappa shape index (κ3) is 3.61. The number of β-amino-alcohol motifs (C(OH)–C–C–N with tert-alkyl or cyclic N) is 1. The minimum absolute atomic E-state index is 0.0213. The maximum atomic E-state index is 12.9. The smallest absolute Gasteiger partial charge is 0.290 e. The Kier molecular flexibility index (Phi) is 5.48. The van der Waals surface area contributed by atoms with Gasteiger partial charge < -0.3 is 14.4 Å². The van der Waals surface area contributed by atoms with E-state index in [1.54, 1.807) is 18.7 Å². The van der Waals surface area contributed by atoms with Crippen molar-refractivity contribution in [2.24, 2.45) is 0 Å². The fourth-order valence-corrected chi connectivity index (χ4v) is 3.79. The molecule has 1 atom stereocenters. The van der Waals surface area contributed by atoms with Crippen LogP contribution >= 0.6 is 11.8 Å². The van der Waals surface area contributed by atoms with Gasteiger partial charge in [-0.2, -0.15) is 11.8 Å². The van der Waals surface area contributed by atoms with Gasteiger partial charge in [-0.15, -0.1) is 0 Å². The highest BCUT2D eigenvalue weighted by Crippen LogP contribution is 2.29. The molecule has 0 aliphatic carbocycles. The third-order valence-electron chi connectivity index (χ3n) is 4.36. The Morgan fingerprint density at radius 2 is 2.00 bits per heavy atom. The highest BCUT2D eigenvalue weighted by molar-refractivity contribution is 7.97. The molecule has 1 aromatic heterocycles. The van der Waals surface area contributed by atoms with E-state index in [-0.39, 0.29) is 12.0 Å². The van der Waals surface area contributed by atoms with Crippen LogP contribution in [0.3, 0.4) is 0 Å². The predicted molar refractivity (Wildman–Crippen MR) is 97.5 cm³/mol. The first kappa shape index (κ1) is 17.3. The fraction of sp³-hybridized carbons (Fsp3) is 0.500. The highest BCUT2D eigenvalue weighted by atomic mass is 32.2. The van der Waals surface area contributed by atoms with Crippen molar-refractivity contribution < 1.29 is 14.3 Å². The van der Waals surface area contributed by atoms with E-state index in [2.05, 4.69) is 4.90 Å². The molecule has 6 heteroatoms. The maximum absolute atomic E-state index is 12.9. The molecule has 1 fully saturated rings. The number of fused-ring (bicyclic) bond motifs is 1. The van der Waals surface area contributed by atoms with Crippen LogP contribution in [0, 0.1) is 0 Å². The van der Waals surface area contributed by atoms with E-state index in [1.807, 2.05) is 35.4 Å². The second-order valence-corrected chi connectivity index (χ2v) is 7.15. The van der Waals surface area contributed by atoms with E-state index < -0.39 is 0 Å². The number of carbonyl (C=O) groups is 1. The van der Waals surface area contributed by atoms with Gasteiger partial charge in [-0.3, -0.25) is 9.69 Å². The Morgan fingerprint density at radius 1 is 1.29 bits per heavy atom. The number of furan rings is 1. The number of aliphatic hydroxyl groups is 1. The van der Waals surface area contributed by atoms with Gasteiger partial charge >= 0.3 is 0 Å². The summed E-state index contributed by atoms with van der Waals surface area (Å²) in [7, 11) is 0. The zero-order valence-electron chi connectivity index (χ0n) is 14.2. The Bertz CT molecular complexity index is 705. The van der Waals surface area contributed by atoms with Gasteiger partial charge in [0.05, 0.1) is 6.10 Å². The molecule has 1 aromatic carbocycles. The summed E-state index contributed by atoms with van der Waals surface area (Å²) in [4.78, 5) is 17.0. The van der Waals surface area contributed by atoms with Crippen LogP contribution in [0.15, 0.2) is 28.7 Å². The van der Waals surface area contributed by atoms with Crippen molar-refractivity contribution in [1.82, 2.24) is 9.80 Å². The summed E-state index contributed by atoms with van der Waals surface area (Å²) in [5, 5.41) is 10.5. The monoisotopic (exact) mass is 348 g/mol. The first-order valence-electron chi connectivity index (χ1n) is 8.29. The topological polar surface area (TPSA) is 56.9 Å². The molecule has 0 bridgehead atoms. The van der Waals surface area contributed by atoms with E-state index in [9.17, 15) is 9.90 Å². The highest BCUT2D eigenvalue weighted by Gasteiger charge is 2.27. The second-order valence-electron chi connectivity index (χ2n) is 6.28. The average Bonchev–Trinajstić information content (AvgIpc) is 2.94. The molecule has 5 nitrogen and oxygen atoms in total. The number of hydrogen-bond donors (Lipinski definition) is 1. The van der Waals surface area contributed by atoms with Crippen molar-refractivity contribution in [3.05, 3.63) is 35.6 Å². The molecule has 1 aliphatic heterocycles. The lowest BCUT2D eigenvalue weighted by Crippen LogP contribution is -2.50. The van der Waals surface area contributed by atoms with Crippen LogP contribution in [0.2, 0.25) is 0 Å². The molecule has 0 spiro atoms. The molecule has 1 aliphatic rings. The summed E-state index contributed by atoms with van der Waals surface area (Å²) in [5.74, 6) is 1.22. The van der Waals surface area contributed by atoms with E-state index in [4.69, 9.17) is 4.42 Å². The van der Waals surface area contributed by atoms with Crippen LogP contribution in [-0.2, 0) is 5.75 Å². The molecule has 2 heterocycles. The van der Waals surface area contributed by atoms with Crippen molar-refractivity contribution in [2.75, 3.05) is 39.0 Å². The van der Waals surface area contributed by atoms with Crippen molar-refractivity contribution >= 4 is 28.6 Å². The minimum Gasteiger partial charge on any atom is -0.451 e. The van der Waals surface area contributed by atoms with Gasteiger partial charge in [0.1, 0.15) is 5.58 Å². The van der Waals surface area contributed by atoms with Crippen LogP contribution < -0.4 is 0 Å². The number of benzene rings is 1. The van der Waals surface area contributed by atoms with Gasteiger partial charge in [-0.05, 0) is 19.2 Å². The minimum atomic E-state index is -0.337. The van der Waals surface area contributed by atoms with Gasteiger partial charge in [0, 0.05) is 49.4 Å². The molecule has 0 saturated carbocycles. The van der Waals surface area contributed by atoms with Crippen LogP contribution in [0.25, 0.3) is 11.0 Å². The quantitative estimate of drug-likeness (QED) is 0.899. The Labute approximate surface area is 146 Å². The predicted octanol–water partition coefficient (Wildman–Crippen LogP) is 2.43. The van der Waals surface area contributed by atoms with Gasteiger partial charge in [0.25, 0.3) is 5.91 Å². The second kappa shape index (κ2) is 7.59. The SMILES string of the molecule is CSCc1c(C(=O)N2CCN(CC(C)O)CC2)oc2ccccc12. The molecule has 130 valence electrons. The van der Waals surface area contributed by atoms with Gasteiger partial charge in [0.2, 0.25) is 0 Å². The number of nitrogens with zero attached hydrogens (tertiary/aromatic N) is 2. The molecule has 2 aromatic rings. The Morgan fingerprint density at radius 3 is 2.67 bits per heavy atom. The molecular weight excluding hydrogens is 324 g/mol. The zero-order valence-corrected chi connectivity index (χ0v) is 15.0. The first-order valence-corrected chi connectivity index (χ1v) is 9.68. The number of piperazine rings is 1. The van der Waals surface area contributed by atoms with Crippen LogP contribution in [0.1, 0.15) is 23.0 Å². The summed E-state index contributed by atoms with van der Waals surface area (Å²) < 4.78 is 5.90. The number of aliphatic hydroxyl groups excluding tert-OH is 1. The molecule has 0 radical (unpaired) electrons. The summed E-state index contributed by atoms with van der Waals surface area (Å²) in [6.45, 7) is 5.36. The molecule has 24 heavy (non-hydrogen) atoms. The number of rotatable bonds is 5. The zero-order chi connectivity index (χ0) is 17.1. The van der Waals surface area contributed by atoms with E-state index in [0.717, 1.165) is 35.4 Å². The normalized spacial score (nSPS) is 17.4. The number of hydrogen-bond acceptors (Lipinski definition) is 5. The molecule has 1 saturated heterocycles. The van der Waals surface area contributed by atoms with Crippen molar-refractivity contribution in [3.63, 3.8) is 0 Å². The average molecular weight is 348 g/mol. The summed E-state index contributed by atoms with van der Waals surface area (Å²) >= 11 is 1.69. The van der Waals surface area contributed by atoms with E-state index >= 15 is 0 Å². The number of carbonyl (C=O) groups excluding carboxylic acids is 1. The van der Waals surface area contributed by atoms with Crippen molar-refractivity contribution in [2.45, 2.75) is 18.8 Å². The summed E-state index contributed by atoms with van der Waals surface area (Å²) in [5.41, 5.74) is 1.77. The van der Waals surface area contributed by atoms with Crippen LogP contribution in [-0.4, -0.2) is 65.9 Å². The van der Waals surface area contributed by atoms with Gasteiger partial charge in [-0.25, -0.2) is 0 Å². The van der Waals surface area contributed by atoms with Crippen LogP contribution in [0.4, 0.5) is 0 Å². The largest absolute Gasteiger partial charge is 0.451 e. The van der Waals surface area contributed by atoms with Crippen molar-refractivity contribution in [3.8, 4) is 0 Å². The van der Waals surface area contributed by atoms with E-state index in [1.165, 1.54) is 0 Å². The van der Waals surface area contributed by atoms with Gasteiger partial charge in [0.15, 0.2) is 5.76 Å². The maximum Gasteiger partial charge on any atom is 0.290 e. The lowest BCUT2D eigenvalue weighted by Gasteiger charge is -2.34. The molecule has 1 N–H and O–H groups in total. The Balaban J connectivity index is 1.78.